The second-order valence-corrected chi connectivity index (χ2v) is 11.8. The molecule has 0 aliphatic rings. The van der Waals surface area contributed by atoms with Crippen LogP contribution < -0.4 is 0 Å². The Kier molecular flexibility index (Phi) is 7.75. The van der Waals surface area contributed by atoms with Crippen molar-refractivity contribution in [1.82, 2.24) is 0 Å². The molecule has 5 heteroatoms. The number of aliphatic hydroxyl groups excluding tert-OH is 1. The molecule has 16 heavy (non-hydrogen) atoms. The zero-order valence-electron chi connectivity index (χ0n) is 11.6. The van der Waals surface area contributed by atoms with E-state index in [9.17, 15) is 0 Å². The van der Waals surface area contributed by atoms with E-state index >= 15 is 0 Å². The Balaban J connectivity index is 4.30. The van der Waals surface area contributed by atoms with Gasteiger partial charge in [0.2, 0.25) is 0 Å². The van der Waals surface area contributed by atoms with E-state index in [4.69, 9.17) is 13.6 Å². The first-order valence-corrected chi connectivity index (χ1v) is 11.0. The third-order valence-electron chi connectivity index (χ3n) is 2.95. The van der Waals surface area contributed by atoms with Crippen LogP contribution in [0.15, 0.2) is 0 Å². The molecule has 2 unspecified atom stereocenters. The molecule has 3 nitrogen and oxygen atoms in total. The van der Waals surface area contributed by atoms with Crippen molar-refractivity contribution < 1.29 is 13.6 Å². The van der Waals surface area contributed by atoms with E-state index in [1.807, 2.05) is 0 Å². The van der Waals surface area contributed by atoms with Gasteiger partial charge in [-0.3, -0.25) is 0 Å². The SMILES string of the molecule is CC(C)O[SiH](C)O[Si](C)(CCCO)C(C)C. The molecule has 0 aromatic heterocycles. The van der Waals surface area contributed by atoms with E-state index < -0.39 is 17.6 Å². The van der Waals surface area contributed by atoms with E-state index in [1.165, 1.54) is 0 Å². The van der Waals surface area contributed by atoms with Crippen LogP contribution in [-0.2, 0) is 8.54 Å². The first-order chi connectivity index (χ1) is 7.31. The number of hydrogen-bond donors (Lipinski definition) is 1. The molecular weight excluding hydrogens is 236 g/mol. The zero-order chi connectivity index (χ0) is 12.8. The fourth-order valence-electron chi connectivity index (χ4n) is 1.70. The molecular formula is C11H28O3Si2. The molecule has 0 amide bonds. The average molecular weight is 265 g/mol. The van der Waals surface area contributed by atoms with Crippen LogP contribution in [0.5, 0.6) is 0 Å². The third kappa shape index (κ3) is 6.15. The molecule has 98 valence electrons. The smallest absolute Gasteiger partial charge is 0.308 e. The highest BCUT2D eigenvalue weighted by Gasteiger charge is 2.34. The van der Waals surface area contributed by atoms with Crippen molar-refractivity contribution in [2.45, 2.75) is 64.9 Å². The van der Waals surface area contributed by atoms with Gasteiger partial charge in [-0.15, -0.1) is 0 Å². The largest absolute Gasteiger partial charge is 0.438 e. The maximum Gasteiger partial charge on any atom is 0.308 e. The Morgan fingerprint density at radius 3 is 2.19 bits per heavy atom. The van der Waals surface area contributed by atoms with Gasteiger partial charge in [-0.05, 0) is 44.9 Å². The van der Waals surface area contributed by atoms with E-state index in [0.717, 1.165) is 12.5 Å². The van der Waals surface area contributed by atoms with Gasteiger partial charge in [-0.1, -0.05) is 13.8 Å². The van der Waals surface area contributed by atoms with Gasteiger partial charge in [0, 0.05) is 12.7 Å². The molecule has 0 aliphatic carbocycles. The second kappa shape index (κ2) is 7.60. The standard InChI is InChI=1S/C11H28O3Si2/c1-10(2)13-15(5)14-16(6,11(3)4)9-7-8-12/h10-12,15H,7-9H2,1-6H3. The summed E-state index contributed by atoms with van der Waals surface area (Å²) in [4.78, 5) is 0. The van der Waals surface area contributed by atoms with Crippen LogP contribution in [0, 0.1) is 0 Å². The van der Waals surface area contributed by atoms with E-state index in [-0.39, 0.29) is 12.7 Å². The summed E-state index contributed by atoms with van der Waals surface area (Å²) in [7, 11) is -3.20. The van der Waals surface area contributed by atoms with E-state index in [2.05, 4.69) is 40.8 Å². The molecule has 1 N–H and O–H groups in total. The van der Waals surface area contributed by atoms with Crippen molar-refractivity contribution in [2.24, 2.45) is 0 Å². The highest BCUT2D eigenvalue weighted by molar-refractivity contribution is 6.79. The third-order valence-corrected chi connectivity index (χ3v) is 11.1. The van der Waals surface area contributed by atoms with Crippen molar-refractivity contribution in [3.8, 4) is 0 Å². The van der Waals surface area contributed by atoms with Crippen LogP contribution in [0.3, 0.4) is 0 Å². The van der Waals surface area contributed by atoms with Crippen LogP contribution in [0.2, 0.25) is 24.7 Å². The molecule has 0 heterocycles. The minimum atomic E-state index is -1.70. The summed E-state index contributed by atoms with van der Waals surface area (Å²) in [5, 5.41) is 8.94. The van der Waals surface area contributed by atoms with Crippen LogP contribution in [0.1, 0.15) is 34.1 Å². The van der Waals surface area contributed by atoms with Gasteiger partial charge in [0.25, 0.3) is 0 Å². The summed E-state index contributed by atoms with van der Waals surface area (Å²) in [5.74, 6) is 0. The van der Waals surface area contributed by atoms with Gasteiger partial charge in [0.15, 0.2) is 8.32 Å². The van der Waals surface area contributed by atoms with Crippen molar-refractivity contribution in [3.63, 3.8) is 0 Å². The fraction of sp³-hybridized carbons (Fsp3) is 1.00. The van der Waals surface area contributed by atoms with Crippen LogP contribution in [0.25, 0.3) is 0 Å². The van der Waals surface area contributed by atoms with Gasteiger partial charge in [-0.2, -0.15) is 0 Å². The predicted octanol–water partition coefficient (Wildman–Crippen LogP) is 2.65. The molecule has 0 saturated heterocycles. The van der Waals surface area contributed by atoms with Gasteiger partial charge >= 0.3 is 9.28 Å². The predicted molar refractivity (Wildman–Crippen MR) is 73.5 cm³/mol. The minimum absolute atomic E-state index is 0.255. The second-order valence-electron chi connectivity index (χ2n) is 5.16. The van der Waals surface area contributed by atoms with E-state index in [1.54, 1.807) is 0 Å². The maximum atomic E-state index is 8.94. The summed E-state index contributed by atoms with van der Waals surface area (Å²) in [5.41, 5.74) is 0.574. The molecule has 2 atom stereocenters. The molecule has 0 aromatic rings. The van der Waals surface area contributed by atoms with Crippen molar-refractivity contribution in [2.75, 3.05) is 6.61 Å². The first kappa shape index (κ1) is 16.3. The topological polar surface area (TPSA) is 38.7 Å². The van der Waals surface area contributed by atoms with Crippen LogP contribution in [-0.4, -0.2) is 35.4 Å². The summed E-state index contributed by atoms with van der Waals surface area (Å²) in [6, 6.07) is 1.03. The number of rotatable bonds is 8. The molecule has 0 radical (unpaired) electrons. The number of aliphatic hydroxyl groups is 1. The zero-order valence-corrected chi connectivity index (χ0v) is 13.8. The first-order valence-electron chi connectivity index (χ1n) is 6.26. The Labute approximate surface area is 103 Å². The van der Waals surface area contributed by atoms with Crippen molar-refractivity contribution >= 4 is 17.6 Å². The Hall–Kier alpha value is 0.314. The molecule has 0 aliphatic heterocycles. The Morgan fingerprint density at radius 2 is 1.81 bits per heavy atom. The minimum Gasteiger partial charge on any atom is -0.438 e. The quantitative estimate of drug-likeness (QED) is 0.685. The Bertz CT molecular complexity index is 188. The lowest BCUT2D eigenvalue weighted by Crippen LogP contribution is -2.44. The molecule has 0 fully saturated rings. The monoisotopic (exact) mass is 264 g/mol. The summed E-state index contributed by atoms with van der Waals surface area (Å²) < 4.78 is 12.0. The molecule has 0 aromatic carbocycles. The van der Waals surface area contributed by atoms with Crippen molar-refractivity contribution in [1.29, 1.82) is 0 Å². The highest BCUT2D eigenvalue weighted by atomic mass is 28.4. The molecule has 0 spiro atoms. The summed E-state index contributed by atoms with van der Waals surface area (Å²) in [6.45, 7) is 13.2. The molecule has 0 rings (SSSR count). The lowest BCUT2D eigenvalue weighted by Gasteiger charge is -2.34. The van der Waals surface area contributed by atoms with Gasteiger partial charge < -0.3 is 13.6 Å². The average Bonchev–Trinajstić information content (AvgIpc) is 2.12. The van der Waals surface area contributed by atoms with E-state index in [0.29, 0.717) is 5.54 Å². The number of hydrogen-bond acceptors (Lipinski definition) is 3. The van der Waals surface area contributed by atoms with Gasteiger partial charge in [0.1, 0.15) is 0 Å². The van der Waals surface area contributed by atoms with Crippen LogP contribution >= 0.6 is 0 Å². The normalized spacial score (nSPS) is 17.8. The molecule has 0 bridgehead atoms. The lowest BCUT2D eigenvalue weighted by atomic mass is 10.5. The van der Waals surface area contributed by atoms with Gasteiger partial charge in [-0.25, -0.2) is 0 Å². The van der Waals surface area contributed by atoms with Gasteiger partial charge in [0.05, 0.1) is 0 Å². The fourth-order valence-corrected chi connectivity index (χ4v) is 8.72. The summed E-state index contributed by atoms with van der Waals surface area (Å²) >= 11 is 0. The maximum absolute atomic E-state index is 8.94. The van der Waals surface area contributed by atoms with Crippen molar-refractivity contribution in [3.05, 3.63) is 0 Å². The summed E-state index contributed by atoms with van der Waals surface area (Å²) in [6.07, 6.45) is 1.11. The molecule has 0 saturated carbocycles. The lowest BCUT2D eigenvalue weighted by molar-refractivity contribution is 0.203. The Morgan fingerprint density at radius 1 is 1.25 bits per heavy atom. The highest BCUT2D eigenvalue weighted by Crippen LogP contribution is 2.28. The van der Waals surface area contributed by atoms with Crippen LogP contribution in [0.4, 0.5) is 0 Å².